The molecule has 39 heavy (non-hydrogen) atoms. The van der Waals surface area contributed by atoms with E-state index in [0.717, 1.165) is 29.5 Å². The number of carbonyl (C=O) groups excluding carboxylic acids is 1. The average Bonchev–Trinajstić information content (AvgIpc) is 3.42. The summed E-state index contributed by atoms with van der Waals surface area (Å²) in [4.78, 5) is 13.2. The van der Waals surface area contributed by atoms with Gasteiger partial charge in [0.05, 0.1) is 23.2 Å². The van der Waals surface area contributed by atoms with Crippen molar-refractivity contribution in [3.05, 3.63) is 129 Å². The summed E-state index contributed by atoms with van der Waals surface area (Å²) < 4.78 is 28.8. The molecule has 7 heteroatoms. The molecule has 0 heterocycles. The molecule has 1 aliphatic carbocycles. The first-order valence-electron chi connectivity index (χ1n) is 13.1. The molecule has 0 aromatic heterocycles. The lowest BCUT2D eigenvalue weighted by Crippen LogP contribution is -2.31. The Morgan fingerprint density at radius 1 is 0.923 bits per heavy atom. The Labute approximate surface area is 235 Å². The van der Waals surface area contributed by atoms with Gasteiger partial charge < -0.3 is 5.32 Å². The van der Waals surface area contributed by atoms with Crippen molar-refractivity contribution in [2.75, 3.05) is 4.31 Å². The van der Waals surface area contributed by atoms with Gasteiger partial charge in [0.2, 0.25) is 0 Å². The van der Waals surface area contributed by atoms with Crippen LogP contribution in [0.3, 0.4) is 0 Å². The summed E-state index contributed by atoms with van der Waals surface area (Å²) in [6.07, 6.45) is 3.41. The van der Waals surface area contributed by atoms with Crippen LogP contribution in [0.15, 0.2) is 95.9 Å². The normalized spacial score (nSPS) is 13.5. The zero-order chi connectivity index (χ0) is 27.6. The second-order valence-electron chi connectivity index (χ2n) is 10.0. The van der Waals surface area contributed by atoms with E-state index in [2.05, 4.69) is 23.5 Å². The van der Waals surface area contributed by atoms with Crippen LogP contribution in [-0.4, -0.2) is 14.3 Å². The maximum absolute atomic E-state index is 13.7. The number of aryl methyl sites for hydroxylation is 3. The van der Waals surface area contributed by atoms with Gasteiger partial charge in [0.15, 0.2) is 0 Å². The van der Waals surface area contributed by atoms with Crippen LogP contribution in [0.5, 0.6) is 0 Å². The molecule has 0 aliphatic heterocycles. The van der Waals surface area contributed by atoms with Crippen molar-refractivity contribution in [1.82, 2.24) is 5.32 Å². The van der Waals surface area contributed by atoms with E-state index in [1.807, 2.05) is 13.8 Å². The number of amides is 1. The van der Waals surface area contributed by atoms with E-state index in [0.29, 0.717) is 16.3 Å². The minimum atomic E-state index is -3.87. The molecular weight excluding hydrogens is 528 g/mol. The van der Waals surface area contributed by atoms with E-state index in [1.165, 1.54) is 21.9 Å². The molecular formula is C32H31ClN2O3S. The average molecular weight is 559 g/mol. The molecule has 5 rings (SSSR count). The molecule has 1 N–H and O–H groups in total. The molecule has 0 spiro atoms. The van der Waals surface area contributed by atoms with E-state index >= 15 is 0 Å². The van der Waals surface area contributed by atoms with Gasteiger partial charge in [-0.2, -0.15) is 0 Å². The number of rotatable bonds is 8. The number of hydrogen-bond donors (Lipinski definition) is 1. The number of hydrogen-bond acceptors (Lipinski definition) is 3. The van der Waals surface area contributed by atoms with Crippen LogP contribution in [0, 0.1) is 6.92 Å². The SMILES string of the molecule is Cc1ccc(Cl)cc1N(Cc1ccc(C(=O)NC(C)c2ccc3c(c2)CCC3)cc1)S(=O)(=O)c1ccccc1. The predicted molar refractivity (Wildman–Crippen MR) is 157 cm³/mol. The third-order valence-electron chi connectivity index (χ3n) is 7.28. The third kappa shape index (κ3) is 5.87. The molecule has 0 saturated carbocycles. The number of carbonyl (C=O) groups is 1. The summed E-state index contributed by atoms with van der Waals surface area (Å²) in [6, 6.07) is 27.0. The number of fused-ring (bicyclic) bond motifs is 1. The topological polar surface area (TPSA) is 66.5 Å². The quantitative estimate of drug-likeness (QED) is 0.252. The van der Waals surface area contributed by atoms with E-state index in [4.69, 9.17) is 11.6 Å². The number of nitrogens with zero attached hydrogens (tertiary/aromatic N) is 1. The molecule has 0 saturated heterocycles. The molecule has 4 aromatic rings. The van der Waals surface area contributed by atoms with Gasteiger partial charge in [-0.3, -0.25) is 9.10 Å². The van der Waals surface area contributed by atoms with Gasteiger partial charge in [0.1, 0.15) is 0 Å². The predicted octanol–water partition coefficient (Wildman–Crippen LogP) is 7.02. The van der Waals surface area contributed by atoms with Crippen LogP contribution in [0.4, 0.5) is 5.69 Å². The van der Waals surface area contributed by atoms with Crippen molar-refractivity contribution in [2.45, 2.75) is 50.6 Å². The maximum Gasteiger partial charge on any atom is 0.264 e. The molecule has 0 fully saturated rings. The van der Waals surface area contributed by atoms with E-state index in [-0.39, 0.29) is 23.4 Å². The summed E-state index contributed by atoms with van der Waals surface area (Å²) in [6.45, 7) is 3.93. The fourth-order valence-corrected chi connectivity index (χ4v) is 6.72. The van der Waals surface area contributed by atoms with E-state index < -0.39 is 10.0 Å². The highest BCUT2D eigenvalue weighted by Crippen LogP contribution is 2.31. The fourth-order valence-electron chi connectivity index (χ4n) is 5.02. The number of nitrogens with one attached hydrogen (secondary N) is 1. The van der Waals surface area contributed by atoms with E-state index in [9.17, 15) is 13.2 Å². The van der Waals surface area contributed by atoms with Crippen LogP contribution in [-0.2, 0) is 29.4 Å². The fraction of sp³-hybridized carbons (Fsp3) is 0.219. The minimum absolute atomic E-state index is 0.0891. The van der Waals surface area contributed by atoms with Crippen LogP contribution >= 0.6 is 11.6 Å². The Kier molecular flexibility index (Phi) is 7.78. The molecule has 5 nitrogen and oxygen atoms in total. The highest BCUT2D eigenvalue weighted by atomic mass is 35.5. The lowest BCUT2D eigenvalue weighted by molar-refractivity contribution is 0.0940. The van der Waals surface area contributed by atoms with Gasteiger partial charge in [-0.05, 0) is 97.3 Å². The third-order valence-corrected chi connectivity index (χ3v) is 9.29. The van der Waals surface area contributed by atoms with Gasteiger partial charge in [-0.25, -0.2) is 8.42 Å². The van der Waals surface area contributed by atoms with Gasteiger partial charge >= 0.3 is 0 Å². The van der Waals surface area contributed by atoms with E-state index in [1.54, 1.807) is 72.8 Å². The van der Waals surface area contributed by atoms with Gasteiger partial charge in [0.25, 0.3) is 15.9 Å². The Morgan fingerprint density at radius 3 is 2.38 bits per heavy atom. The van der Waals surface area contributed by atoms with Crippen molar-refractivity contribution in [1.29, 1.82) is 0 Å². The Bertz CT molecular complexity index is 1600. The molecule has 0 radical (unpaired) electrons. The summed E-state index contributed by atoms with van der Waals surface area (Å²) in [5.41, 5.74) is 6.44. The van der Waals surface area contributed by atoms with Crippen molar-refractivity contribution >= 4 is 33.2 Å². The highest BCUT2D eigenvalue weighted by molar-refractivity contribution is 7.92. The summed E-state index contributed by atoms with van der Waals surface area (Å²) >= 11 is 6.26. The molecule has 200 valence electrons. The second-order valence-corrected chi connectivity index (χ2v) is 12.3. The van der Waals surface area contributed by atoms with Gasteiger partial charge in [-0.15, -0.1) is 0 Å². The lowest BCUT2D eigenvalue weighted by Gasteiger charge is -2.26. The molecule has 0 bridgehead atoms. The Balaban J connectivity index is 1.36. The minimum Gasteiger partial charge on any atom is -0.346 e. The smallest absolute Gasteiger partial charge is 0.264 e. The summed E-state index contributed by atoms with van der Waals surface area (Å²) in [5, 5.41) is 3.54. The molecule has 1 unspecified atom stereocenters. The first-order valence-corrected chi connectivity index (χ1v) is 14.9. The van der Waals surface area contributed by atoms with Crippen LogP contribution < -0.4 is 9.62 Å². The first kappa shape index (κ1) is 27.0. The molecule has 1 amide bonds. The standard InChI is InChI=1S/C32H31ClN2O3S/c1-22-11-18-29(33)20-31(22)35(39(37,38)30-9-4-3-5-10-30)21-24-12-14-26(15-13-24)32(36)34-23(2)27-17-16-25-7-6-8-28(25)19-27/h3-5,9-20,23H,6-8,21H2,1-2H3,(H,34,36). The van der Waals surface area contributed by atoms with Crippen LogP contribution in [0.1, 0.15) is 57.6 Å². The van der Waals surface area contributed by atoms with Gasteiger partial charge in [0, 0.05) is 10.6 Å². The largest absolute Gasteiger partial charge is 0.346 e. The van der Waals surface area contributed by atoms with Crippen molar-refractivity contribution in [3.63, 3.8) is 0 Å². The number of halogens is 1. The highest BCUT2D eigenvalue weighted by Gasteiger charge is 2.27. The summed E-state index contributed by atoms with van der Waals surface area (Å²) in [7, 11) is -3.87. The van der Waals surface area contributed by atoms with Crippen molar-refractivity contribution in [3.8, 4) is 0 Å². The maximum atomic E-state index is 13.7. The van der Waals surface area contributed by atoms with Gasteiger partial charge in [-0.1, -0.05) is 66.2 Å². The second kappa shape index (κ2) is 11.2. The number of benzene rings is 4. The Morgan fingerprint density at radius 2 is 1.64 bits per heavy atom. The molecule has 1 aliphatic rings. The number of anilines is 1. The monoisotopic (exact) mass is 558 g/mol. The van der Waals surface area contributed by atoms with Crippen molar-refractivity contribution in [2.24, 2.45) is 0 Å². The Hall–Kier alpha value is -3.61. The summed E-state index contributed by atoms with van der Waals surface area (Å²) in [5.74, 6) is -0.172. The zero-order valence-electron chi connectivity index (χ0n) is 22.0. The van der Waals surface area contributed by atoms with Crippen LogP contribution in [0.25, 0.3) is 0 Å². The first-order chi connectivity index (χ1) is 18.7. The molecule has 4 aromatic carbocycles. The number of sulfonamides is 1. The van der Waals surface area contributed by atoms with Crippen LogP contribution in [0.2, 0.25) is 5.02 Å². The zero-order valence-corrected chi connectivity index (χ0v) is 23.6. The van der Waals surface area contributed by atoms with Crippen molar-refractivity contribution < 1.29 is 13.2 Å². The lowest BCUT2D eigenvalue weighted by atomic mass is 10.0. The molecule has 1 atom stereocenters.